The highest BCUT2D eigenvalue weighted by Gasteiger charge is 2.31. The summed E-state index contributed by atoms with van der Waals surface area (Å²) in [7, 11) is 0. The molecular weight excluding hydrogens is 242 g/mol. The van der Waals surface area contributed by atoms with Crippen LogP contribution in [0.15, 0.2) is 36.5 Å². The van der Waals surface area contributed by atoms with Crippen LogP contribution in [-0.2, 0) is 0 Å². The maximum Gasteiger partial charge on any atom is 0.257 e. The van der Waals surface area contributed by atoms with Crippen LogP contribution in [0.3, 0.4) is 0 Å². The molecule has 0 saturated carbocycles. The summed E-state index contributed by atoms with van der Waals surface area (Å²) >= 11 is 0. The Balaban J connectivity index is 1.88. The van der Waals surface area contributed by atoms with E-state index in [1.165, 1.54) is 0 Å². The van der Waals surface area contributed by atoms with Crippen LogP contribution in [-0.4, -0.2) is 44.9 Å². The number of aliphatic hydroxyl groups excluding tert-OH is 1. The number of benzene rings is 1. The van der Waals surface area contributed by atoms with Gasteiger partial charge in [0.2, 0.25) is 0 Å². The number of para-hydroxylation sites is 1. The Labute approximate surface area is 111 Å². The van der Waals surface area contributed by atoms with Crippen molar-refractivity contribution in [1.82, 2.24) is 14.7 Å². The number of aromatic nitrogens is 2. The number of carbonyl (C=O) groups is 1. The molecule has 2 aromatic rings. The van der Waals surface area contributed by atoms with Crippen LogP contribution < -0.4 is 0 Å². The molecule has 0 radical (unpaired) electrons. The lowest BCUT2D eigenvalue weighted by atomic mass is 10.1. The van der Waals surface area contributed by atoms with E-state index in [0.29, 0.717) is 24.3 Å². The lowest BCUT2D eigenvalue weighted by Crippen LogP contribution is -2.53. The lowest BCUT2D eigenvalue weighted by molar-refractivity contribution is 0.00584. The van der Waals surface area contributed by atoms with Crippen molar-refractivity contribution in [3.63, 3.8) is 0 Å². The van der Waals surface area contributed by atoms with Gasteiger partial charge in [0.05, 0.1) is 23.0 Å². The van der Waals surface area contributed by atoms with Crippen LogP contribution >= 0.6 is 0 Å². The number of nitrogens with zero attached hydrogens (tertiary/aromatic N) is 3. The van der Waals surface area contributed by atoms with Crippen LogP contribution in [0.4, 0.5) is 0 Å². The zero-order valence-electron chi connectivity index (χ0n) is 10.7. The third kappa shape index (κ3) is 2.13. The SMILES string of the molecule is Cc1nn(-c2ccccc2)cc1C(=O)N1CC(O)C1. The predicted molar refractivity (Wildman–Crippen MR) is 70.2 cm³/mol. The van der Waals surface area contributed by atoms with Gasteiger partial charge in [-0.25, -0.2) is 4.68 Å². The summed E-state index contributed by atoms with van der Waals surface area (Å²) < 4.78 is 1.71. The van der Waals surface area contributed by atoms with E-state index < -0.39 is 0 Å². The van der Waals surface area contributed by atoms with E-state index in [-0.39, 0.29) is 12.0 Å². The van der Waals surface area contributed by atoms with Crippen molar-refractivity contribution in [2.45, 2.75) is 13.0 Å². The first-order valence-electron chi connectivity index (χ1n) is 6.24. The van der Waals surface area contributed by atoms with E-state index in [1.54, 1.807) is 15.8 Å². The van der Waals surface area contributed by atoms with Crippen molar-refractivity contribution in [2.75, 3.05) is 13.1 Å². The normalized spacial score (nSPS) is 15.4. The summed E-state index contributed by atoms with van der Waals surface area (Å²) in [6.45, 7) is 2.65. The number of carbonyl (C=O) groups excluding carboxylic acids is 1. The van der Waals surface area contributed by atoms with Gasteiger partial charge >= 0.3 is 0 Å². The molecule has 0 unspecified atom stereocenters. The van der Waals surface area contributed by atoms with Crippen molar-refractivity contribution < 1.29 is 9.90 Å². The Bertz CT molecular complexity index is 600. The Morgan fingerprint density at radius 3 is 2.63 bits per heavy atom. The van der Waals surface area contributed by atoms with E-state index in [4.69, 9.17) is 0 Å². The highest BCUT2D eigenvalue weighted by Crippen LogP contribution is 2.17. The maximum atomic E-state index is 12.2. The van der Waals surface area contributed by atoms with Crippen LogP contribution in [0.2, 0.25) is 0 Å². The average molecular weight is 257 g/mol. The Morgan fingerprint density at radius 1 is 1.32 bits per heavy atom. The first-order valence-corrected chi connectivity index (χ1v) is 6.24. The van der Waals surface area contributed by atoms with Crippen molar-refractivity contribution in [1.29, 1.82) is 0 Å². The van der Waals surface area contributed by atoms with E-state index in [0.717, 1.165) is 5.69 Å². The first-order chi connectivity index (χ1) is 9.15. The van der Waals surface area contributed by atoms with E-state index in [9.17, 15) is 9.90 Å². The number of hydrogen-bond donors (Lipinski definition) is 1. The molecule has 1 N–H and O–H groups in total. The Hall–Kier alpha value is -2.14. The van der Waals surface area contributed by atoms with Gasteiger partial charge < -0.3 is 10.0 Å². The molecule has 0 bridgehead atoms. The van der Waals surface area contributed by atoms with Crippen LogP contribution in [0.5, 0.6) is 0 Å². The van der Waals surface area contributed by atoms with Crippen LogP contribution in [0, 0.1) is 6.92 Å². The zero-order valence-corrected chi connectivity index (χ0v) is 10.7. The molecule has 0 aliphatic carbocycles. The maximum absolute atomic E-state index is 12.2. The minimum atomic E-state index is -0.381. The number of aryl methyl sites for hydroxylation is 1. The summed E-state index contributed by atoms with van der Waals surface area (Å²) in [4.78, 5) is 13.8. The monoisotopic (exact) mass is 257 g/mol. The first kappa shape index (κ1) is 11.9. The summed E-state index contributed by atoms with van der Waals surface area (Å²) in [6.07, 6.45) is 1.37. The number of likely N-dealkylation sites (tertiary alicyclic amines) is 1. The summed E-state index contributed by atoms with van der Waals surface area (Å²) in [5, 5.41) is 13.6. The standard InChI is InChI=1S/C14H15N3O2/c1-10-13(14(19)16-7-12(18)8-16)9-17(15-10)11-5-3-2-4-6-11/h2-6,9,12,18H,7-8H2,1H3. The zero-order chi connectivity index (χ0) is 13.4. The van der Waals surface area contributed by atoms with E-state index in [1.807, 2.05) is 37.3 Å². The molecule has 1 aliphatic heterocycles. The molecule has 1 amide bonds. The molecule has 1 aromatic carbocycles. The Morgan fingerprint density at radius 2 is 2.00 bits per heavy atom. The van der Waals surface area contributed by atoms with E-state index in [2.05, 4.69) is 5.10 Å². The fourth-order valence-electron chi connectivity index (χ4n) is 2.17. The highest BCUT2D eigenvalue weighted by molar-refractivity contribution is 5.95. The minimum absolute atomic E-state index is 0.0648. The fraction of sp³-hybridized carbons (Fsp3) is 0.286. The van der Waals surface area contributed by atoms with Gasteiger partial charge in [-0.05, 0) is 19.1 Å². The van der Waals surface area contributed by atoms with Gasteiger partial charge in [-0.15, -0.1) is 0 Å². The molecule has 98 valence electrons. The molecular formula is C14H15N3O2. The summed E-state index contributed by atoms with van der Waals surface area (Å²) in [5.74, 6) is -0.0648. The largest absolute Gasteiger partial charge is 0.389 e. The molecule has 5 heteroatoms. The average Bonchev–Trinajstić information content (AvgIpc) is 2.77. The van der Waals surface area contributed by atoms with Crippen LogP contribution in [0.25, 0.3) is 5.69 Å². The number of amides is 1. The van der Waals surface area contributed by atoms with E-state index >= 15 is 0 Å². The minimum Gasteiger partial charge on any atom is -0.389 e. The summed E-state index contributed by atoms with van der Waals surface area (Å²) in [6, 6.07) is 9.68. The van der Waals surface area contributed by atoms with Crippen LogP contribution in [0.1, 0.15) is 16.1 Å². The number of β-amino-alcohol motifs (C(OH)–C–C–N with tert-alkyl or cyclic N) is 1. The van der Waals surface area contributed by atoms with Gasteiger partial charge in [0.15, 0.2) is 0 Å². The fourth-order valence-corrected chi connectivity index (χ4v) is 2.17. The van der Waals surface area contributed by atoms with Crippen molar-refractivity contribution in [2.24, 2.45) is 0 Å². The number of aliphatic hydroxyl groups is 1. The van der Waals surface area contributed by atoms with Gasteiger partial charge in [0.25, 0.3) is 5.91 Å². The third-order valence-corrected chi connectivity index (χ3v) is 3.30. The van der Waals surface area contributed by atoms with Gasteiger partial charge in [-0.3, -0.25) is 4.79 Å². The van der Waals surface area contributed by atoms with Gasteiger partial charge in [0.1, 0.15) is 0 Å². The number of hydrogen-bond acceptors (Lipinski definition) is 3. The second kappa shape index (κ2) is 4.51. The molecule has 1 fully saturated rings. The van der Waals surface area contributed by atoms with Crippen molar-refractivity contribution in [3.05, 3.63) is 47.8 Å². The molecule has 0 atom stereocenters. The molecule has 5 nitrogen and oxygen atoms in total. The molecule has 2 heterocycles. The molecule has 19 heavy (non-hydrogen) atoms. The third-order valence-electron chi connectivity index (χ3n) is 3.30. The molecule has 1 aliphatic rings. The van der Waals surface area contributed by atoms with Gasteiger partial charge in [-0.2, -0.15) is 5.10 Å². The van der Waals surface area contributed by atoms with Gasteiger partial charge in [-0.1, -0.05) is 18.2 Å². The molecule has 0 spiro atoms. The molecule has 1 saturated heterocycles. The smallest absolute Gasteiger partial charge is 0.257 e. The van der Waals surface area contributed by atoms with Gasteiger partial charge in [0, 0.05) is 19.3 Å². The quantitative estimate of drug-likeness (QED) is 0.873. The topological polar surface area (TPSA) is 58.4 Å². The lowest BCUT2D eigenvalue weighted by Gasteiger charge is -2.35. The molecule has 3 rings (SSSR count). The summed E-state index contributed by atoms with van der Waals surface area (Å²) in [5.41, 5.74) is 2.22. The molecule has 1 aromatic heterocycles. The Kier molecular flexibility index (Phi) is 2.83. The second-order valence-corrected chi connectivity index (χ2v) is 4.77. The van der Waals surface area contributed by atoms with Crippen molar-refractivity contribution in [3.8, 4) is 5.69 Å². The number of rotatable bonds is 2. The van der Waals surface area contributed by atoms with Crippen molar-refractivity contribution >= 4 is 5.91 Å². The second-order valence-electron chi connectivity index (χ2n) is 4.77. The highest BCUT2D eigenvalue weighted by atomic mass is 16.3. The predicted octanol–water partition coefficient (Wildman–Crippen LogP) is 0.997.